The van der Waals surface area contributed by atoms with Crippen LogP contribution in [0.2, 0.25) is 0 Å². The molecule has 0 aliphatic heterocycles. The SMILES string of the molecule is CCNC(=O)c1coc(C(N)CCSC)n1. The number of carbonyl (C=O) groups is 1. The lowest BCUT2D eigenvalue weighted by Crippen LogP contribution is -2.23. The van der Waals surface area contributed by atoms with Crippen LogP contribution in [0.15, 0.2) is 10.7 Å². The molecule has 1 amide bonds. The molecule has 1 unspecified atom stereocenters. The molecule has 1 rings (SSSR count). The van der Waals surface area contributed by atoms with Gasteiger partial charge in [0.15, 0.2) is 5.69 Å². The molecule has 16 heavy (non-hydrogen) atoms. The number of nitrogens with two attached hydrogens (primary N) is 1. The van der Waals surface area contributed by atoms with E-state index in [1.807, 2.05) is 13.2 Å². The Morgan fingerprint density at radius 2 is 2.50 bits per heavy atom. The van der Waals surface area contributed by atoms with Crippen molar-refractivity contribution >= 4 is 17.7 Å². The predicted molar refractivity (Wildman–Crippen MR) is 64.4 cm³/mol. The minimum atomic E-state index is -0.240. The molecule has 6 heteroatoms. The van der Waals surface area contributed by atoms with E-state index in [1.165, 1.54) is 6.26 Å². The van der Waals surface area contributed by atoms with Gasteiger partial charge in [-0.3, -0.25) is 4.79 Å². The molecule has 0 bridgehead atoms. The van der Waals surface area contributed by atoms with Gasteiger partial charge in [0.1, 0.15) is 6.26 Å². The first kappa shape index (κ1) is 13.1. The highest BCUT2D eigenvalue weighted by molar-refractivity contribution is 7.98. The largest absolute Gasteiger partial charge is 0.446 e. The van der Waals surface area contributed by atoms with Crippen LogP contribution >= 0.6 is 11.8 Å². The molecule has 90 valence electrons. The number of oxazole rings is 1. The Hall–Kier alpha value is -1.01. The summed E-state index contributed by atoms with van der Waals surface area (Å²) in [4.78, 5) is 15.5. The highest BCUT2D eigenvalue weighted by atomic mass is 32.2. The van der Waals surface area contributed by atoms with Gasteiger partial charge in [-0.2, -0.15) is 11.8 Å². The van der Waals surface area contributed by atoms with E-state index < -0.39 is 0 Å². The number of nitrogens with one attached hydrogen (secondary N) is 1. The normalized spacial score (nSPS) is 12.4. The predicted octanol–water partition coefficient (Wildman–Crippen LogP) is 1.18. The maximum Gasteiger partial charge on any atom is 0.273 e. The van der Waals surface area contributed by atoms with Crippen LogP contribution in [0.3, 0.4) is 0 Å². The maximum absolute atomic E-state index is 11.4. The summed E-state index contributed by atoms with van der Waals surface area (Å²) >= 11 is 1.72. The number of carbonyl (C=O) groups excluding carboxylic acids is 1. The van der Waals surface area contributed by atoms with Crippen molar-refractivity contribution in [3.63, 3.8) is 0 Å². The fourth-order valence-electron chi connectivity index (χ4n) is 1.18. The summed E-state index contributed by atoms with van der Waals surface area (Å²) < 4.78 is 5.18. The molecule has 5 nitrogen and oxygen atoms in total. The summed E-state index contributed by atoms with van der Waals surface area (Å²) in [5.41, 5.74) is 6.16. The van der Waals surface area contributed by atoms with Crippen LogP contribution in [0, 0.1) is 0 Å². The van der Waals surface area contributed by atoms with Crippen molar-refractivity contribution in [1.82, 2.24) is 10.3 Å². The minimum absolute atomic E-state index is 0.227. The zero-order valence-corrected chi connectivity index (χ0v) is 10.3. The van der Waals surface area contributed by atoms with Crippen LogP contribution in [-0.4, -0.2) is 29.4 Å². The lowest BCUT2D eigenvalue weighted by molar-refractivity contribution is 0.0951. The molecule has 1 atom stereocenters. The summed E-state index contributed by atoms with van der Waals surface area (Å²) in [6, 6.07) is -0.240. The van der Waals surface area contributed by atoms with Crippen molar-refractivity contribution in [2.45, 2.75) is 19.4 Å². The molecular formula is C10H17N3O2S. The van der Waals surface area contributed by atoms with Crippen LogP contribution in [0.4, 0.5) is 0 Å². The molecular weight excluding hydrogens is 226 g/mol. The van der Waals surface area contributed by atoms with Crippen molar-refractivity contribution in [2.75, 3.05) is 18.6 Å². The average molecular weight is 243 g/mol. The molecule has 0 aliphatic rings. The molecule has 1 aromatic rings. The second kappa shape index (κ2) is 6.55. The molecule has 1 heterocycles. The van der Waals surface area contributed by atoms with Crippen molar-refractivity contribution in [1.29, 1.82) is 0 Å². The molecule has 0 spiro atoms. The number of nitrogens with zero attached hydrogens (tertiary/aromatic N) is 1. The molecule has 3 N–H and O–H groups in total. The van der Waals surface area contributed by atoms with Gasteiger partial charge in [0.05, 0.1) is 6.04 Å². The van der Waals surface area contributed by atoms with Gasteiger partial charge < -0.3 is 15.5 Å². The number of aromatic nitrogens is 1. The Labute approximate surface area is 99.2 Å². The van der Waals surface area contributed by atoms with E-state index in [4.69, 9.17) is 10.2 Å². The van der Waals surface area contributed by atoms with E-state index in [9.17, 15) is 4.79 Å². The Kier molecular flexibility index (Phi) is 5.34. The fourth-order valence-corrected chi connectivity index (χ4v) is 1.67. The molecule has 0 aromatic carbocycles. The zero-order valence-electron chi connectivity index (χ0n) is 9.53. The van der Waals surface area contributed by atoms with E-state index in [0.717, 1.165) is 12.2 Å². The van der Waals surface area contributed by atoms with E-state index in [2.05, 4.69) is 10.3 Å². The second-order valence-electron chi connectivity index (χ2n) is 3.32. The number of hydrogen-bond donors (Lipinski definition) is 2. The quantitative estimate of drug-likeness (QED) is 0.784. The van der Waals surface area contributed by atoms with Crippen molar-refractivity contribution in [3.05, 3.63) is 17.8 Å². The monoisotopic (exact) mass is 243 g/mol. The third-order valence-corrected chi connectivity index (χ3v) is 2.69. The summed E-state index contributed by atoms with van der Waals surface area (Å²) in [6.07, 6.45) is 4.15. The first-order valence-corrected chi connectivity index (χ1v) is 6.56. The molecule has 0 saturated carbocycles. The molecule has 1 aromatic heterocycles. The standard InChI is InChI=1S/C10H17N3O2S/c1-3-12-9(14)8-6-15-10(13-8)7(11)4-5-16-2/h6-7H,3-5,11H2,1-2H3,(H,12,14). The fraction of sp³-hybridized carbons (Fsp3) is 0.600. The Balaban J connectivity index is 2.59. The lowest BCUT2D eigenvalue weighted by atomic mass is 10.2. The molecule has 0 aliphatic carbocycles. The van der Waals surface area contributed by atoms with E-state index in [-0.39, 0.29) is 17.6 Å². The average Bonchev–Trinajstić information content (AvgIpc) is 2.75. The number of amides is 1. The van der Waals surface area contributed by atoms with E-state index in [1.54, 1.807) is 11.8 Å². The van der Waals surface area contributed by atoms with Gasteiger partial charge in [-0.25, -0.2) is 4.98 Å². The van der Waals surface area contributed by atoms with Crippen LogP contribution in [-0.2, 0) is 0 Å². The van der Waals surface area contributed by atoms with Crippen molar-refractivity contribution in [2.24, 2.45) is 5.73 Å². The minimum Gasteiger partial charge on any atom is -0.446 e. The van der Waals surface area contributed by atoms with E-state index in [0.29, 0.717) is 12.4 Å². The van der Waals surface area contributed by atoms with E-state index >= 15 is 0 Å². The van der Waals surface area contributed by atoms with Crippen molar-refractivity contribution in [3.8, 4) is 0 Å². The highest BCUT2D eigenvalue weighted by Crippen LogP contribution is 2.15. The number of rotatable bonds is 6. The molecule has 0 fully saturated rings. The first-order valence-electron chi connectivity index (χ1n) is 5.17. The smallest absolute Gasteiger partial charge is 0.273 e. The van der Waals surface area contributed by atoms with Crippen LogP contribution < -0.4 is 11.1 Å². The third-order valence-electron chi connectivity index (χ3n) is 2.04. The first-order chi connectivity index (χ1) is 7.69. The van der Waals surface area contributed by atoms with Crippen LogP contribution in [0.1, 0.15) is 35.8 Å². The van der Waals surface area contributed by atoms with Gasteiger partial charge in [0.25, 0.3) is 5.91 Å². The van der Waals surface area contributed by atoms with Crippen LogP contribution in [0.25, 0.3) is 0 Å². The van der Waals surface area contributed by atoms with Crippen molar-refractivity contribution < 1.29 is 9.21 Å². The van der Waals surface area contributed by atoms with Gasteiger partial charge in [0.2, 0.25) is 5.89 Å². The number of thioether (sulfide) groups is 1. The summed E-state index contributed by atoms with van der Waals surface area (Å²) in [5.74, 6) is 1.14. The zero-order chi connectivity index (χ0) is 12.0. The van der Waals surface area contributed by atoms with Gasteiger partial charge >= 0.3 is 0 Å². The Morgan fingerprint density at radius 1 is 1.75 bits per heavy atom. The summed E-state index contributed by atoms with van der Waals surface area (Å²) in [7, 11) is 0. The second-order valence-corrected chi connectivity index (χ2v) is 4.30. The number of hydrogen-bond acceptors (Lipinski definition) is 5. The van der Waals surface area contributed by atoms with Gasteiger partial charge in [-0.05, 0) is 25.4 Å². The summed E-state index contributed by atoms with van der Waals surface area (Å²) in [5, 5.41) is 2.65. The Bertz CT molecular complexity index is 341. The lowest BCUT2D eigenvalue weighted by Gasteiger charge is -2.04. The van der Waals surface area contributed by atoms with Gasteiger partial charge in [-0.15, -0.1) is 0 Å². The highest BCUT2D eigenvalue weighted by Gasteiger charge is 2.15. The van der Waals surface area contributed by atoms with Gasteiger partial charge in [0, 0.05) is 6.54 Å². The topological polar surface area (TPSA) is 81.2 Å². The Morgan fingerprint density at radius 3 is 3.12 bits per heavy atom. The van der Waals surface area contributed by atoms with Crippen LogP contribution in [0.5, 0.6) is 0 Å². The van der Waals surface area contributed by atoms with Gasteiger partial charge in [-0.1, -0.05) is 0 Å². The molecule has 0 saturated heterocycles. The maximum atomic E-state index is 11.4. The third kappa shape index (κ3) is 3.53. The molecule has 0 radical (unpaired) electrons. The summed E-state index contributed by atoms with van der Waals surface area (Å²) in [6.45, 7) is 2.42.